The molecule has 0 radical (unpaired) electrons. The number of carbonyl (C=O) groups is 2. The van der Waals surface area contributed by atoms with E-state index >= 15 is 0 Å². The number of amides is 1. The van der Waals surface area contributed by atoms with Crippen molar-refractivity contribution in [1.82, 2.24) is 5.32 Å². The van der Waals surface area contributed by atoms with E-state index in [0.29, 0.717) is 30.2 Å². The van der Waals surface area contributed by atoms with Gasteiger partial charge in [-0.1, -0.05) is 23.7 Å². The summed E-state index contributed by atoms with van der Waals surface area (Å²) in [6.07, 6.45) is 0.793. The van der Waals surface area contributed by atoms with E-state index in [2.05, 4.69) is 11.4 Å². The molecule has 0 spiro atoms. The third kappa shape index (κ3) is 4.92. The van der Waals surface area contributed by atoms with Gasteiger partial charge in [-0.15, -0.1) is 11.3 Å². The van der Waals surface area contributed by atoms with Crippen molar-refractivity contribution in [3.8, 4) is 21.9 Å². The number of ether oxygens (including phenoxy) is 2. The van der Waals surface area contributed by atoms with E-state index in [9.17, 15) is 9.59 Å². The molecular formula is C24H22ClNO4S. The summed E-state index contributed by atoms with van der Waals surface area (Å²) in [6.45, 7) is 1.97. The molecule has 0 bridgehead atoms. The van der Waals surface area contributed by atoms with Gasteiger partial charge in [0.2, 0.25) is 5.91 Å². The number of halogens is 1. The van der Waals surface area contributed by atoms with Gasteiger partial charge in [0.1, 0.15) is 17.6 Å². The quantitative estimate of drug-likeness (QED) is 0.512. The van der Waals surface area contributed by atoms with Crippen molar-refractivity contribution in [2.24, 2.45) is 0 Å². The molecule has 1 aliphatic heterocycles. The molecule has 1 N–H and O–H groups in total. The molecule has 1 aliphatic rings. The number of Topliss-reactive ketones (excluding diaryl/α,β-unsaturated/α-hetero) is 1. The Hall–Kier alpha value is -2.83. The molecule has 5 nitrogen and oxygen atoms in total. The number of hydrogen-bond acceptors (Lipinski definition) is 5. The average molecular weight is 456 g/mol. The van der Waals surface area contributed by atoms with Crippen molar-refractivity contribution in [3.63, 3.8) is 0 Å². The summed E-state index contributed by atoms with van der Waals surface area (Å²) < 4.78 is 11.1. The molecule has 7 heteroatoms. The molecule has 1 aromatic heterocycles. The van der Waals surface area contributed by atoms with Crippen molar-refractivity contribution in [3.05, 3.63) is 69.6 Å². The number of methoxy groups -OCH3 is 1. The Bertz CT molecular complexity index is 1120. The Labute approximate surface area is 190 Å². The zero-order valence-corrected chi connectivity index (χ0v) is 18.8. The van der Waals surface area contributed by atoms with Crippen LogP contribution in [0, 0.1) is 0 Å². The van der Waals surface area contributed by atoms with Gasteiger partial charge in [0.25, 0.3) is 0 Å². The molecule has 0 saturated heterocycles. The van der Waals surface area contributed by atoms with E-state index in [1.165, 1.54) is 11.3 Å². The highest BCUT2D eigenvalue weighted by atomic mass is 35.5. The van der Waals surface area contributed by atoms with Gasteiger partial charge in [0.05, 0.1) is 30.0 Å². The smallest absolute Gasteiger partial charge is 0.224 e. The highest BCUT2D eigenvalue weighted by Crippen LogP contribution is 2.41. The van der Waals surface area contributed by atoms with Crippen LogP contribution < -0.4 is 14.8 Å². The number of thiophene rings is 1. The molecule has 3 aromatic rings. The fourth-order valence-electron chi connectivity index (χ4n) is 3.54. The van der Waals surface area contributed by atoms with Crippen LogP contribution in [0.4, 0.5) is 0 Å². The van der Waals surface area contributed by atoms with Crippen LogP contribution in [0.2, 0.25) is 5.02 Å². The molecule has 1 unspecified atom stereocenters. The maximum atomic E-state index is 12.3. The fourth-order valence-corrected chi connectivity index (χ4v) is 4.72. The Morgan fingerprint density at radius 1 is 1.19 bits per heavy atom. The van der Waals surface area contributed by atoms with Crippen LogP contribution in [0.3, 0.4) is 0 Å². The zero-order valence-electron chi connectivity index (χ0n) is 17.2. The number of benzene rings is 2. The molecule has 0 saturated carbocycles. The minimum atomic E-state index is -0.168. The number of nitrogens with one attached hydrogen (secondary N) is 1. The lowest BCUT2D eigenvalue weighted by Gasteiger charge is -2.12. The molecule has 1 atom stereocenters. The van der Waals surface area contributed by atoms with Gasteiger partial charge in [0.15, 0.2) is 5.78 Å². The zero-order chi connectivity index (χ0) is 22.0. The van der Waals surface area contributed by atoms with Crippen LogP contribution in [0.5, 0.6) is 11.5 Å². The SMILES string of the molecule is COc1ccc(CC(=O)NCC2Cc3cc(-c4ccc(C(C)=O)s4)cc(Cl)c3O2)cc1. The second kappa shape index (κ2) is 9.12. The summed E-state index contributed by atoms with van der Waals surface area (Å²) in [5.74, 6) is 1.42. The second-order valence-electron chi connectivity index (χ2n) is 7.44. The van der Waals surface area contributed by atoms with Gasteiger partial charge in [-0.25, -0.2) is 0 Å². The van der Waals surface area contributed by atoms with Gasteiger partial charge in [-0.2, -0.15) is 0 Å². The fraction of sp³-hybridized carbons (Fsp3) is 0.250. The van der Waals surface area contributed by atoms with Crippen molar-refractivity contribution in [1.29, 1.82) is 0 Å². The van der Waals surface area contributed by atoms with E-state index < -0.39 is 0 Å². The Kier molecular flexibility index (Phi) is 6.30. The molecule has 1 amide bonds. The van der Waals surface area contributed by atoms with Crippen LogP contribution in [0.15, 0.2) is 48.5 Å². The Morgan fingerprint density at radius 3 is 2.65 bits per heavy atom. The number of rotatable bonds is 7. The lowest BCUT2D eigenvalue weighted by atomic mass is 10.1. The average Bonchev–Trinajstić information content (AvgIpc) is 3.40. The minimum Gasteiger partial charge on any atom is -0.497 e. The summed E-state index contributed by atoms with van der Waals surface area (Å²) in [5.41, 5.74) is 2.89. The van der Waals surface area contributed by atoms with Gasteiger partial charge >= 0.3 is 0 Å². The largest absolute Gasteiger partial charge is 0.497 e. The summed E-state index contributed by atoms with van der Waals surface area (Å²) in [4.78, 5) is 25.6. The van der Waals surface area contributed by atoms with Crippen molar-refractivity contribution in [2.75, 3.05) is 13.7 Å². The third-order valence-corrected chi connectivity index (χ3v) is 6.66. The molecule has 0 aliphatic carbocycles. The van der Waals surface area contributed by atoms with Crippen LogP contribution in [0.1, 0.15) is 27.7 Å². The van der Waals surface area contributed by atoms with Crippen molar-refractivity contribution < 1.29 is 19.1 Å². The molecule has 2 aromatic carbocycles. The van der Waals surface area contributed by atoms with Crippen molar-refractivity contribution >= 4 is 34.6 Å². The maximum Gasteiger partial charge on any atom is 0.224 e. The van der Waals surface area contributed by atoms with Gasteiger partial charge < -0.3 is 14.8 Å². The summed E-state index contributed by atoms with van der Waals surface area (Å²) in [7, 11) is 1.61. The Balaban J connectivity index is 1.37. The predicted molar refractivity (Wildman–Crippen MR) is 123 cm³/mol. The molecule has 160 valence electrons. The normalized spacial score (nSPS) is 14.6. The van der Waals surface area contributed by atoms with E-state index in [1.807, 2.05) is 42.5 Å². The predicted octanol–water partition coefficient (Wildman–Crippen LogP) is 4.94. The van der Waals surface area contributed by atoms with Crippen LogP contribution in [0.25, 0.3) is 10.4 Å². The van der Waals surface area contributed by atoms with E-state index in [1.54, 1.807) is 14.0 Å². The lowest BCUT2D eigenvalue weighted by Crippen LogP contribution is -2.35. The number of ketones is 1. The second-order valence-corrected chi connectivity index (χ2v) is 8.93. The summed E-state index contributed by atoms with van der Waals surface area (Å²) in [6, 6.07) is 15.1. The number of hydrogen-bond donors (Lipinski definition) is 1. The molecule has 0 fully saturated rings. The highest BCUT2D eigenvalue weighted by molar-refractivity contribution is 7.17. The number of carbonyl (C=O) groups excluding carboxylic acids is 2. The molecule has 31 heavy (non-hydrogen) atoms. The summed E-state index contributed by atoms with van der Waals surface area (Å²) >= 11 is 7.92. The molecule has 2 heterocycles. The van der Waals surface area contributed by atoms with Gasteiger partial charge in [-0.05, 0) is 54.4 Å². The van der Waals surface area contributed by atoms with Crippen molar-refractivity contribution in [2.45, 2.75) is 25.9 Å². The first kappa shape index (κ1) is 21.4. The third-order valence-electron chi connectivity index (χ3n) is 5.14. The monoisotopic (exact) mass is 455 g/mol. The standard InChI is InChI=1S/C24H22ClNO4S/c1-14(27)21-7-8-22(31-21)16-10-17-11-19(30-24(17)20(25)12-16)13-26-23(28)9-15-3-5-18(29-2)6-4-15/h3-8,10,12,19H,9,11,13H2,1-2H3,(H,26,28). The van der Waals surface area contributed by atoms with Gasteiger partial charge in [0, 0.05) is 16.9 Å². The molecule has 4 rings (SSSR count). The van der Waals surface area contributed by atoms with Crippen LogP contribution in [-0.4, -0.2) is 31.4 Å². The molecular weight excluding hydrogens is 434 g/mol. The highest BCUT2D eigenvalue weighted by Gasteiger charge is 2.26. The topological polar surface area (TPSA) is 64.6 Å². The first-order chi connectivity index (χ1) is 14.9. The van der Waals surface area contributed by atoms with E-state index in [4.69, 9.17) is 21.1 Å². The van der Waals surface area contributed by atoms with E-state index in [0.717, 1.165) is 32.2 Å². The maximum absolute atomic E-state index is 12.3. The lowest BCUT2D eigenvalue weighted by molar-refractivity contribution is -0.120. The van der Waals surface area contributed by atoms with Crippen LogP contribution in [-0.2, 0) is 17.6 Å². The summed E-state index contributed by atoms with van der Waals surface area (Å²) in [5, 5.41) is 3.48. The minimum absolute atomic E-state index is 0.0530. The first-order valence-corrected chi connectivity index (χ1v) is 11.1. The Morgan fingerprint density at radius 2 is 1.97 bits per heavy atom. The van der Waals surface area contributed by atoms with Crippen LogP contribution >= 0.6 is 22.9 Å². The van der Waals surface area contributed by atoms with Gasteiger partial charge in [-0.3, -0.25) is 9.59 Å². The number of fused-ring (bicyclic) bond motifs is 1. The first-order valence-electron chi connectivity index (χ1n) is 9.93. The van der Waals surface area contributed by atoms with E-state index in [-0.39, 0.29) is 17.8 Å².